The molecule has 2 heterocycles. The average molecular weight is 369 g/mol. The summed E-state index contributed by atoms with van der Waals surface area (Å²) in [7, 11) is 0. The summed E-state index contributed by atoms with van der Waals surface area (Å²) >= 11 is 0. The van der Waals surface area contributed by atoms with E-state index < -0.39 is 0 Å². The van der Waals surface area contributed by atoms with Crippen LogP contribution in [0.25, 0.3) is 0 Å². The number of aromatic nitrogens is 2. The molecule has 1 saturated carbocycles. The molecule has 6 heteroatoms. The van der Waals surface area contributed by atoms with Crippen molar-refractivity contribution in [3.8, 4) is 0 Å². The van der Waals surface area contributed by atoms with Crippen molar-refractivity contribution in [2.24, 2.45) is 0 Å². The third kappa shape index (κ3) is 4.67. The second kappa shape index (κ2) is 8.55. The molecule has 1 aliphatic carbocycles. The van der Waals surface area contributed by atoms with Crippen LogP contribution in [-0.2, 0) is 0 Å². The highest BCUT2D eigenvalue weighted by molar-refractivity contribution is 5.49. The molecule has 2 aromatic rings. The zero-order chi connectivity index (χ0) is 18.5. The van der Waals surface area contributed by atoms with Crippen molar-refractivity contribution in [1.82, 2.24) is 9.97 Å². The van der Waals surface area contributed by atoms with Gasteiger partial charge in [-0.1, -0.05) is 25.7 Å². The molecule has 4 rings (SSSR count). The van der Waals surface area contributed by atoms with E-state index in [9.17, 15) is 4.39 Å². The summed E-state index contributed by atoms with van der Waals surface area (Å²) in [5.41, 5.74) is 1.07. The molecule has 0 spiro atoms. The Bertz CT molecular complexity index is 720. The predicted octanol–water partition coefficient (Wildman–Crippen LogP) is 4.08. The summed E-state index contributed by atoms with van der Waals surface area (Å²) in [6.07, 6.45) is 9.64. The van der Waals surface area contributed by atoms with Crippen LogP contribution in [0.1, 0.15) is 38.5 Å². The van der Waals surface area contributed by atoms with Crippen molar-refractivity contribution < 1.29 is 4.39 Å². The van der Waals surface area contributed by atoms with Gasteiger partial charge < -0.3 is 15.1 Å². The fourth-order valence-electron chi connectivity index (χ4n) is 4.03. The first-order chi connectivity index (χ1) is 13.3. The normalized spacial score (nSPS) is 19.0. The van der Waals surface area contributed by atoms with Crippen LogP contribution < -0.4 is 15.1 Å². The minimum atomic E-state index is -0.191. The number of nitrogens with one attached hydrogen (secondary N) is 1. The van der Waals surface area contributed by atoms with Gasteiger partial charge in [0.1, 0.15) is 11.6 Å². The van der Waals surface area contributed by atoms with Gasteiger partial charge >= 0.3 is 0 Å². The summed E-state index contributed by atoms with van der Waals surface area (Å²) in [5.74, 6) is 1.55. The molecule has 1 N–H and O–H groups in total. The minimum absolute atomic E-state index is 0.191. The number of nitrogens with zero attached hydrogens (tertiary/aromatic N) is 4. The van der Waals surface area contributed by atoms with Gasteiger partial charge in [0.15, 0.2) is 0 Å². The van der Waals surface area contributed by atoms with Gasteiger partial charge in [0.05, 0.1) is 0 Å². The van der Waals surface area contributed by atoms with Gasteiger partial charge in [0.2, 0.25) is 5.95 Å². The standard InChI is InChI=1S/C21H28FN5/c22-17-7-9-19(10-8-17)26-13-15-27(16-14-26)21-23-12-11-20(25-21)24-18-5-3-1-2-4-6-18/h7-12,18H,1-6,13-16H2,(H,23,24,25). The van der Waals surface area contributed by atoms with E-state index in [0.29, 0.717) is 6.04 Å². The summed E-state index contributed by atoms with van der Waals surface area (Å²) in [6, 6.07) is 9.24. The highest BCUT2D eigenvalue weighted by Crippen LogP contribution is 2.22. The van der Waals surface area contributed by atoms with Crippen molar-refractivity contribution >= 4 is 17.5 Å². The van der Waals surface area contributed by atoms with E-state index in [0.717, 1.165) is 43.6 Å². The molecule has 2 fully saturated rings. The molecule has 0 radical (unpaired) electrons. The van der Waals surface area contributed by atoms with E-state index in [1.165, 1.54) is 50.7 Å². The Kier molecular flexibility index (Phi) is 5.70. The van der Waals surface area contributed by atoms with Crippen LogP contribution in [0.4, 0.5) is 21.8 Å². The molecular weight excluding hydrogens is 341 g/mol. The monoisotopic (exact) mass is 369 g/mol. The maximum absolute atomic E-state index is 13.1. The number of piperazine rings is 1. The first kappa shape index (κ1) is 18.0. The molecular formula is C21H28FN5. The zero-order valence-corrected chi connectivity index (χ0v) is 15.8. The largest absolute Gasteiger partial charge is 0.368 e. The second-order valence-electron chi connectivity index (χ2n) is 7.53. The number of rotatable bonds is 4. The fourth-order valence-corrected chi connectivity index (χ4v) is 4.03. The molecule has 1 aromatic carbocycles. The lowest BCUT2D eigenvalue weighted by Crippen LogP contribution is -2.47. The van der Waals surface area contributed by atoms with Gasteiger partial charge in [-0.2, -0.15) is 4.98 Å². The summed E-state index contributed by atoms with van der Waals surface area (Å²) in [6.45, 7) is 3.50. The third-order valence-electron chi connectivity index (χ3n) is 5.60. The van der Waals surface area contributed by atoms with E-state index in [4.69, 9.17) is 4.98 Å². The molecule has 27 heavy (non-hydrogen) atoms. The Hall–Kier alpha value is -2.37. The first-order valence-electron chi connectivity index (χ1n) is 10.1. The number of benzene rings is 1. The van der Waals surface area contributed by atoms with Crippen LogP contribution >= 0.6 is 0 Å². The Labute approximate surface area is 160 Å². The van der Waals surface area contributed by atoms with Crippen LogP contribution in [0.2, 0.25) is 0 Å². The lowest BCUT2D eigenvalue weighted by atomic mass is 10.1. The smallest absolute Gasteiger partial charge is 0.227 e. The van der Waals surface area contributed by atoms with Gasteiger partial charge in [-0.15, -0.1) is 0 Å². The van der Waals surface area contributed by atoms with E-state index >= 15 is 0 Å². The van der Waals surface area contributed by atoms with Gasteiger partial charge in [0, 0.05) is 44.1 Å². The van der Waals surface area contributed by atoms with Crippen molar-refractivity contribution in [3.05, 3.63) is 42.3 Å². The Balaban J connectivity index is 1.36. The maximum Gasteiger partial charge on any atom is 0.227 e. The molecule has 0 bridgehead atoms. The van der Waals surface area contributed by atoms with E-state index in [-0.39, 0.29) is 5.82 Å². The van der Waals surface area contributed by atoms with Crippen LogP contribution in [0.15, 0.2) is 36.5 Å². The molecule has 0 unspecified atom stereocenters. The lowest BCUT2D eigenvalue weighted by Gasteiger charge is -2.36. The number of halogens is 1. The second-order valence-corrected chi connectivity index (χ2v) is 7.53. The lowest BCUT2D eigenvalue weighted by molar-refractivity contribution is 0.614. The van der Waals surface area contributed by atoms with Crippen LogP contribution in [0, 0.1) is 5.82 Å². The predicted molar refractivity (Wildman–Crippen MR) is 108 cm³/mol. The van der Waals surface area contributed by atoms with Gasteiger partial charge in [0.25, 0.3) is 0 Å². The van der Waals surface area contributed by atoms with E-state index in [1.807, 2.05) is 24.4 Å². The van der Waals surface area contributed by atoms with Crippen molar-refractivity contribution in [2.75, 3.05) is 41.3 Å². The molecule has 0 atom stereocenters. The molecule has 1 aliphatic heterocycles. The molecule has 0 amide bonds. The zero-order valence-electron chi connectivity index (χ0n) is 15.8. The third-order valence-corrected chi connectivity index (χ3v) is 5.60. The van der Waals surface area contributed by atoms with Crippen molar-refractivity contribution in [1.29, 1.82) is 0 Å². The van der Waals surface area contributed by atoms with E-state index in [2.05, 4.69) is 20.1 Å². The average Bonchev–Trinajstić information content (AvgIpc) is 2.98. The Morgan fingerprint density at radius 3 is 2.22 bits per heavy atom. The maximum atomic E-state index is 13.1. The fraction of sp³-hybridized carbons (Fsp3) is 0.524. The van der Waals surface area contributed by atoms with Gasteiger partial charge in [-0.25, -0.2) is 9.37 Å². The summed E-state index contributed by atoms with van der Waals surface area (Å²) in [4.78, 5) is 13.8. The molecule has 5 nitrogen and oxygen atoms in total. The quantitative estimate of drug-likeness (QED) is 0.823. The number of hydrogen-bond acceptors (Lipinski definition) is 5. The number of hydrogen-bond donors (Lipinski definition) is 1. The Morgan fingerprint density at radius 2 is 1.52 bits per heavy atom. The topological polar surface area (TPSA) is 44.3 Å². The first-order valence-corrected chi connectivity index (χ1v) is 10.1. The Morgan fingerprint density at radius 1 is 0.852 bits per heavy atom. The highest BCUT2D eigenvalue weighted by Gasteiger charge is 2.20. The minimum Gasteiger partial charge on any atom is -0.368 e. The summed E-state index contributed by atoms with van der Waals surface area (Å²) < 4.78 is 13.1. The highest BCUT2D eigenvalue weighted by atomic mass is 19.1. The van der Waals surface area contributed by atoms with Gasteiger partial charge in [-0.05, 0) is 43.2 Å². The van der Waals surface area contributed by atoms with E-state index in [1.54, 1.807) is 0 Å². The molecule has 1 saturated heterocycles. The van der Waals surface area contributed by atoms with Crippen LogP contribution in [0.3, 0.4) is 0 Å². The summed E-state index contributed by atoms with van der Waals surface area (Å²) in [5, 5.41) is 3.62. The van der Waals surface area contributed by atoms with Crippen LogP contribution in [-0.4, -0.2) is 42.2 Å². The van der Waals surface area contributed by atoms with Crippen LogP contribution in [0.5, 0.6) is 0 Å². The van der Waals surface area contributed by atoms with Crippen molar-refractivity contribution in [3.63, 3.8) is 0 Å². The number of anilines is 3. The van der Waals surface area contributed by atoms with Crippen molar-refractivity contribution in [2.45, 2.75) is 44.6 Å². The molecule has 2 aliphatic rings. The van der Waals surface area contributed by atoms with Gasteiger partial charge in [-0.3, -0.25) is 0 Å². The SMILES string of the molecule is Fc1ccc(N2CCN(c3nccc(NC4CCCCCC4)n3)CC2)cc1. The molecule has 1 aromatic heterocycles. The molecule has 144 valence electrons.